The van der Waals surface area contributed by atoms with Gasteiger partial charge in [0.15, 0.2) is 11.4 Å². The van der Waals surface area contributed by atoms with Crippen LogP contribution in [0.25, 0.3) is 0 Å². The number of nitrogens with zero attached hydrogens (tertiary/aromatic N) is 2. The van der Waals surface area contributed by atoms with Crippen molar-refractivity contribution in [2.45, 2.75) is 32.4 Å². The first-order valence-corrected chi connectivity index (χ1v) is 5.83. The van der Waals surface area contributed by atoms with Gasteiger partial charge in [0.2, 0.25) is 5.43 Å². The molecule has 1 fully saturated rings. The summed E-state index contributed by atoms with van der Waals surface area (Å²) in [5.74, 6) is -0.617. The molecule has 2 aliphatic rings. The Labute approximate surface area is 98.3 Å². The van der Waals surface area contributed by atoms with Crippen LogP contribution in [0.4, 0.5) is 0 Å². The number of carbonyl (C=O) groups excluding carboxylic acids is 1. The molecule has 17 heavy (non-hydrogen) atoms. The Morgan fingerprint density at radius 1 is 1.41 bits per heavy atom. The zero-order valence-electron chi connectivity index (χ0n) is 9.64. The molecule has 90 valence electrons. The van der Waals surface area contributed by atoms with Gasteiger partial charge in [0.1, 0.15) is 0 Å². The second kappa shape index (κ2) is 3.35. The van der Waals surface area contributed by atoms with Gasteiger partial charge in [-0.15, -0.1) is 0 Å². The van der Waals surface area contributed by atoms with Gasteiger partial charge in [-0.2, -0.15) is 0 Å². The number of carbonyl (C=O) groups is 1. The van der Waals surface area contributed by atoms with Crippen LogP contribution in [0.3, 0.4) is 0 Å². The Morgan fingerprint density at radius 3 is 2.94 bits per heavy atom. The Balaban J connectivity index is 2.22. The van der Waals surface area contributed by atoms with Crippen molar-refractivity contribution in [2.75, 3.05) is 6.54 Å². The number of fused-ring (bicyclic) bond motifs is 2. The first kappa shape index (κ1) is 10.4. The number of aryl methyl sites for hydroxylation is 1. The number of pyridine rings is 1. The van der Waals surface area contributed by atoms with Gasteiger partial charge >= 0.3 is 0 Å². The maximum Gasteiger partial charge on any atom is 0.274 e. The molecule has 3 rings (SSSR count). The quantitative estimate of drug-likeness (QED) is 0.710. The molecule has 0 unspecified atom stereocenters. The number of rotatable bonds is 0. The summed E-state index contributed by atoms with van der Waals surface area (Å²) in [5.41, 5.74) is 0.187. The predicted molar refractivity (Wildman–Crippen MR) is 61.2 cm³/mol. The van der Waals surface area contributed by atoms with Crippen LogP contribution in [0, 0.1) is 6.92 Å². The number of aromatic nitrogens is 1. The Morgan fingerprint density at radius 2 is 2.18 bits per heavy atom. The highest BCUT2D eigenvalue weighted by Gasteiger charge is 2.37. The maximum atomic E-state index is 12.2. The maximum absolute atomic E-state index is 12.2. The van der Waals surface area contributed by atoms with Crippen LogP contribution in [0.1, 0.15) is 28.9 Å². The van der Waals surface area contributed by atoms with Crippen molar-refractivity contribution in [1.29, 1.82) is 0 Å². The standard InChI is InChI=1S/C12H14N2O3/c1-7-5-13-6-8-3-2-4-14(8)12(17)9(13)11(16)10(7)15/h5,8,16H,2-4,6H2,1H3/t8-/m1/s1. The second-order valence-corrected chi connectivity index (χ2v) is 4.79. The highest BCUT2D eigenvalue weighted by atomic mass is 16.3. The van der Waals surface area contributed by atoms with Crippen LogP contribution >= 0.6 is 0 Å². The fourth-order valence-corrected chi connectivity index (χ4v) is 2.81. The molecule has 1 saturated heterocycles. The van der Waals surface area contributed by atoms with Gasteiger partial charge in [-0.25, -0.2) is 0 Å². The Hall–Kier alpha value is -1.78. The highest BCUT2D eigenvalue weighted by molar-refractivity contribution is 5.96. The average molecular weight is 234 g/mol. The van der Waals surface area contributed by atoms with Gasteiger partial charge in [0, 0.05) is 24.8 Å². The van der Waals surface area contributed by atoms with Gasteiger partial charge < -0.3 is 14.6 Å². The number of aromatic hydroxyl groups is 1. The summed E-state index contributed by atoms with van der Waals surface area (Å²) < 4.78 is 1.72. The topological polar surface area (TPSA) is 62.5 Å². The lowest BCUT2D eigenvalue weighted by Crippen LogP contribution is -2.45. The fraction of sp³-hybridized carbons (Fsp3) is 0.500. The molecule has 0 radical (unpaired) electrons. The van der Waals surface area contributed by atoms with E-state index in [0.717, 1.165) is 19.4 Å². The lowest BCUT2D eigenvalue weighted by atomic mass is 10.1. The average Bonchev–Trinajstić information content (AvgIpc) is 2.74. The summed E-state index contributed by atoms with van der Waals surface area (Å²) in [7, 11) is 0. The molecule has 1 amide bonds. The van der Waals surface area contributed by atoms with E-state index in [1.165, 1.54) is 0 Å². The molecule has 1 N–H and O–H groups in total. The molecular weight excluding hydrogens is 220 g/mol. The summed E-state index contributed by atoms with van der Waals surface area (Å²) in [6.45, 7) is 3.06. The van der Waals surface area contributed by atoms with Gasteiger partial charge in [-0.05, 0) is 19.8 Å². The lowest BCUT2D eigenvalue weighted by Gasteiger charge is -2.32. The van der Waals surface area contributed by atoms with Crippen molar-refractivity contribution in [2.24, 2.45) is 0 Å². The summed E-state index contributed by atoms with van der Waals surface area (Å²) in [6.07, 6.45) is 3.66. The molecule has 5 heteroatoms. The number of hydrogen-bond acceptors (Lipinski definition) is 3. The molecule has 5 nitrogen and oxygen atoms in total. The third-order valence-electron chi connectivity index (χ3n) is 3.68. The van der Waals surface area contributed by atoms with E-state index >= 15 is 0 Å². The van der Waals surface area contributed by atoms with Crippen LogP contribution in [-0.2, 0) is 6.54 Å². The molecular formula is C12H14N2O3. The van der Waals surface area contributed by atoms with E-state index < -0.39 is 11.2 Å². The SMILES string of the molecule is Cc1cn2c(c(O)c1=O)C(=O)N1CCC[C@@H]1C2. The minimum atomic E-state index is -0.442. The zero-order valence-corrected chi connectivity index (χ0v) is 9.64. The lowest BCUT2D eigenvalue weighted by molar-refractivity contribution is 0.0660. The molecule has 1 aromatic rings. The third-order valence-corrected chi connectivity index (χ3v) is 3.68. The van der Waals surface area contributed by atoms with E-state index in [0.29, 0.717) is 12.1 Å². The van der Waals surface area contributed by atoms with E-state index in [9.17, 15) is 14.7 Å². The van der Waals surface area contributed by atoms with Crippen LogP contribution in [-0.4, -0.2) is 33.1 Å². The van der Waals surface area contributed by atoms with Gasteiger partial charge in [-0.1, -0.05) is 0 Å². The van der Waals surface area contributed by atoms with Crippen LogP contribution in [0.2, 0.25) is 0 Å². The Bertz CT molecular complexity index is 562. The van der Waals surface area contributed by atoms with E-state index in [1.807, 2.05) is 0 Å². The normalized spacial score (nSPS) is 22.5. The van der Waals surface area contributed by atoms with Crippen molar-refractivity contribution < 1.29 is 9.90 Å². The van der Waals surface area contributed by atoms with Crippen LogP contribution in [0.5, 0.6) is 5.75 Å². The molecule has 1 atom stereocenters. The van der Waals surface area contributed by atoms with E-state index in [4.69, 9.17) is 0 Å². The summed E-state index contributed by atoms with van der Waals surface area (Å²) in [5, 5.41) is 9.83. The molecule has 0 saturated carbocycles. The summed E-state index contributed by atoms with van der Waals surface area (Å²) >= 11 is 0. The molecule has 2 aliphatic heterocycles. The molecule has 0 spiro atoms. The third kappa shape index (κ3) is 1.31. The minimum absolute atomic E-state index is 0.152. The van der Waals surface area contributed by atoms with Crippen molar-refractivity contribution in [3.63, 3.8) is 0 Å². The van der Waals surface area contributed by atoms with Gasteiger partial charge in [0.25, 0.3) is 5.91 Å². The largest absolute Gasteiger partial charge is 0.503 e. The van der Waals surface area contributed by atoms with E-state index in [1.54, 1.807) is 22.6 Å². The monoisotopic (exact) mass is 234 g/mol. The van der Waals surface area contributed by atoms with Gasteiger partial charge in [-0.3, -0.25) is 9.59 Å². The molecule has 3 heterocycles. The second-order valence-electron chi connectivity index (χ2n) is 4.79. The van der Waals surface area contributed by atoms with Crippen molar-refractivity contribution in [3.8, 4) is 5.75 Å². The fourth-order valence-electron chi connectivity index (χ4n) is 2.81. The molecule has 1 aromatic heterocycles. The van der Waals surface area contributed by atoms with Crippen molar-refractivity contribution >= 4 is 5.91 Å². The zero-order chi connectivity index (χ0) is 12.2. The summed E-state index contributed by atoms with van der Waals surface area (Å²) in [4.78, 5) is 25.6. The van der Waals surface area contributed by atoms with Crippen molar-refractivity contribution in [3.05, 3.63) is 27.7 Å². The minimum Gasteiger partial charge on any atom is -0.503 e. The Kier molecular flexibility index (Phi) is 2.05. The highest BCUT2D eigenvalue weighted by Crippen LogP contribution is 2.29. The van der Waals surface area contributed by atoms with Crippen LogP contribution in [0.15, 0.2) is 11.0 Å². The molecule has 0 aliphatic carbocycles. The summed E-state index contributed by atoms with van der Waals surface area (Å²) in [6, 6.07) is 0.219. The van der Waals surface area contributed by atoms with Crippen LogP contribution < -0.4 is 5.43 Å². The molecule has 0 bridgehead atoms. The van der Waals surface area contributed by atoms with E-state index in [-0.39, 0.29) is 17.6 Å². The molecule has 0 aromatic carbocycles. The number of amides is 1. The van der Waals surface area contributed by atoms with E-state index in [2.05, 4.69) is 0 Å². The first-order valence-electron chi connectivity index (χ1n) is 5.83. The predicted octanol–water partition coefficient (Wildman–Crippen LogP) is 0.481. The van der Waals surface area contributed by atoms with Crippen molar-refractivity contribution in [1.82, 2.24) is 9.47 Å². The smallest absolute Gasteiger partial charge is 0.274 e. The first-order chi connectivity index (χ1) is 8.09. The number of hydrogen-bond donors (Lipinski definition) is 1. The van der Waals surface area contributed by atoms with Gasteiger partial charge in [0.05, 0.1) is 6.04 Å².